The highest BCUT2D eigenvalue weighted by Crippen LogP contribution is 2.34. The van der Waals surface area contributed by atoms with Crippen LogP contribution in [0.15, 0.2) is 47.4 Å². The van der Waals surface area contributed by atoms with Crippen LogP contribution < -0.4 is 14.8 Å². The zero-order valence-electron chi connectivity index (χ0n) is 14.6. The van der Waals surface area contributed by atoms with Gasteiger partial charge in [-0.1, -0.05) is 0 Å². The highest BCUT2D eigenvalue weighted by Gasteiger charge is 2.38. The Hall–Kier alpha value is -2.59. The van der Waals surface area contributed by atoms with Crippen LogP contribution in [0, 0.1) is 0 Å². The van der Waals surface area contributed by atoms with Crippen molar-refractivity contribution in [1.29, 1.82) is 0 Å². The molecule has 2 heterocycles. The fourth-order valence-corrected chi connectivity index (χ4v) is 7.53. The van der Waals surface area contributed by atoms with Gasteiger partial charge in [-0.15, -0.1) is 0 Å². The van der Waals surface area contributed by atoms with E-state index in [0.717, 1.165) is 0 Å². The summed E-state index contributed by atoms with van der Waals surface area (Å²) in [5, 5.41) is 1.77. The molecule has 1 N–H and O–H groups in total. The molecule has 2 aromatic rings. The van der Waals surface area contributed by atoms with Gasteiger partial charge in [-0.3, -0.25) is 4.79 Å². The first-order valence-electron chi connectivity index (χ1n) is 8.50. The number of rotatable bonds is 4. The molecule has 1 atom stereocenters. The zero-order valence-corrected chi connectivity index (χ0v) is 16.3. The Kier molecular flexibility index (Phi) is 4.54. The highest BCUT2D eigenvalue weighted by atomic mass is 32.2. The van der Waals surface area contributed by atoms with Gasteiger partial charge in [-0.25, -0.2) is 16.8 Å². The van der Waals surface area contributed by atoms with Crippen molar-refractivity contribution >= 4 is 31.3 Å². The first kappa shape index (κ1) is 18.8. The number of carbonyl (C=O) groups is 1. The Morgan fingerprint density at radius 3 is 2.43 bits per heavy atom. The predicted molar refractivity (Wildman–Crippen MR) is 101 cm³/mol. The third kappa shape index (κ3) is 3.57. The molecule has 10 heteroatoms. The first-order valence-corrected chi connectivity index (χ1v) is 11.9. The second-order valence-electron chi connectivity index (χ2n) is 6.62. The highest BCUT2D eigenvalue weighted by molar-refractivity contribution is 7.96. The minimum Gasteiger partial charge on any atom is -0.454 e. The minimum absolute atomic E-state index is 0.00855. The van der Waals surface area contributed by atoms with E-state index in [0.29, 0.717) is 17.2 Å². The van der Waals surface area contributed by atoms with Gasteiger partial charge in [-0.05, 0) is 42.8 Å². The molecule has 1 fully saturated rings. The van der Waals surface area contributed by atoms with E-state index in [1.165, 1.54) is 24.3 Å². The van der Waals surface area contributed by atoms with E-state index in [1.807, 2.05) is 0 Å². The Labute approximate surface area is 162 Å². The smallest absolute Gasteiger partial charge is 0.255 e. The van der Waals surface area contributed by atoms with Crippen molar-refractivity contribution in [2.75, 3.05) is 23.6 Å². The van der Waals surface area contributed by atoms with Crippen molar-refractivity contribution in [1.82, 2.24) is 0 Å². The molecular formula is C18H17NO7S2. The molecule has 0 aliphatic carbocycles. The van der Waals surface area contributed by atoms with Gasteiger partial charge in [0.1, 0.15) is 0 Å². The molecule has 8 nitrogen and oxygen atoms in total. The second-order valence-corrected chi connectivity index (χ2v) is 11.1. The molecule has 0 saturated carbocycles. The van der Waals surface area contributed by atoms with Crippen LogP contribution in [0.1, 0.15) is 16.8 Å². The Morgan fingerprint density at radius 1 is 1.04 bits per heavy atom. The molecule has 0 bridgehead atoms. The SMILES string of the molecule is O=C(Nc1ccc2c(c1)OCO2)c1ccc(S(=O)(=O)[C@H]2CCS(=O)(=O)C2)cc1. The van der Waals surface area contributed by atoms with Crippen LogP contribution in [0.25, 0.3) is 0 Å². The molecule has 4 rings (SSSR count). The number of fused-ring (bicyclic) bond motifs is 1. The lowest BCUT2D eigenvalue weighted by molar-refractivity contribution is 0.102. The molecule has 2 aromatic carbocycles. The van der Waals surface area contributed by atoms with E-state index in [1.54, 1.807) is 18.2 Å². The van der Waals surface area contributed by atoms with Crippen molar-refractivity contribution in [2.45, 2.75) is 16.6 Å². The van der Waals surface area contributed by atoms with Gasteiger partial charge >= 0.3 is 0 Å². The van der Waals surface area contributed by atoms with Gasteiger partial charge in [-0.2, -0.15) is 0 Å². The van der Waals surface area contributed by atoms with Crippen LogP contribution in [0.5, 0.6) is 11.5 Å². The summed E-state index contributed by atoms with van der Waals surface area (Å²) in [5.74, 6) is 0.243. The van der Waals surface area contributed by atoms with E-state index in [2.05, 4.69) is 5.32 Å². The molecule has 0 spiro atoms. The number of ether oxygens (including phenoxy) is 2. The largest absolute Gasteiger partial charge is 0.454 e. The average Bonchev–Trinajstić information content (AvgIpc) is 3.27. The van der Waals surface area contributed by atoms with E-state index >= 15 is 0 Å². The number of hydrogen-bond acceptors (Lipinski definition) is 7. The quantitative estimate of drug-likeness (QED) is 0.794. The number of hydrogen-bond donors (Lipinski definition) is 1. The van der Waals surface area contributed by atoms with Crippen LogP contribution in [-0.2, 0) is 19.7 Å². The molecule has 148 valence electrons. The van der Waals surface area contributed by atoms with Crippen LogP contribution in [0.3, 0.4) is 0 Å². The molecule has 28 heavy (non-hydrogen) atoms. The standard InChI is InChI=1S/C18H17NO7S2/c20-18(19-13-3-6-16-17(9-13)26-11-25-16)12-1-4-14(5-2-12)28(23,24)15-7-8-27(21,22)10-15/h1-6,9,15H,7-8,10-11H2,(H,19,20)/t15-/m0/s1. The first-order chi connectivity index (χ1) is 13.2. The maximum Gasteiger partial charge on any atom is 0.255 e. The number of carbonyl (C=O) groups excluding carboxylic acids is 1. The summed E-state index contributed by atoms with van der Waals surface area (Å²) in [7, 11) is -7.07. The summed E-state index contributed by atoms with van der Waals surface area (Å²) in [6.45, 7) is 0.130. The van der Waals surface area contributed by atoms with Crippen molar-refractivity contribution in [3.8, 4) is 11.5 Å². The third-order valence-corrected chi connectivity index (χ3v) is 8.89. The van der Waals surface area contributed by atoms with E-state index in [9.17, 15) is 21.6 Å². The van der Waals surface area contributed by atoms with E-state index < -0.39 is 30.8 Å². The lowest BCUT2D eigenvalue weighted by Gasteiger charge is -2.11. The fourth-order valence-electron chi connectivity index (χ4n) is 3.17. The number of nitrogens with one attached hydrogen (secondary N) is 1. The molecule has 0 unspecified atom stereocenters. The summed E-state index contributed by atoms with van der Waals surface area (Å²) in [6, 6.07) is 10.5. The van der Waals surface area contributed by atoms with Crippen LogP contribution in [-0.4, -0.2) is 46.3 Å². The van der Waals surface area contributed by atoms with Crippen LogP contribution in [0.4, 0.5) is 5.69 Å². The van der Waals surface area contributed by atoms with Gasteiger partial charge in [0, 0.05) is 17.3 Å². The van der Waals surface area contributed by atoms with Crippen molar-refractivity contribution in [3.63, 3.8) is 0 Å². The summed E-state index contributed by atoms with van der Waals surface area (Å²) < 4.78 is 58.8. The van der Waals surface area contributed by atoms with Gasteiger partial charge in [0.05, 0.1) is 21.7 Å². The lowest BCUT2D eigenvalue weighted by Crippen LogP contribution is -2.22. The number of benzene rings is 2. The van der Waals surface area contributed by atoms with Crippen LogP contribution >= 0.6 is 0 Å². The normalized spacial score (nSPS) is 20.1. The van der Waals surface area contributed by atoms with Crippen molar-refractivity contribution in [3.05, 3.63) is 48.0 Å². The number of sulfone groups is 2. The summed E-state index contributed by atoms with van der Waals surface area (Å²) in [6.07, 6.45) is 0.0943. The summed E-state index contributed by atoms with van der Waals surface area (Å²) in [4.78, 5) is 12.4. The van der Waals surface area contributed by atoms with Crippen molar-refractivity contribution < 1.29 is 31.1 Å². The van der Waals surface area contributed by atoms with Gasteiger partial charge in [0.15, 0.2) is 31.2 Å². The minimum atomic E-state index is -3.76. The monoisotopic (exact) mass is 423 g/mol. The molecule has 1 saturated heterocycles. The molecule has 0 radical (unpaired) electrons. The maximum absolute atomic E-state index is 12.6. The topological polar surface area (TPSA) is 116 Å². The van der Waals surface area contributed by atoms with E-state index in [-0.39, 0.29) is 35.2 Å². The van der Waals surface area contributed by atoms with Gasteiger partial charge in [0.2, 0.25) is 6.79 Å². The third-order valence-electron chi connectivity index (χ3n) is 4.70. The Bertz CT molecular complexity index is 1140. The fraction of sp³-hybridized carbons (Fsp3) is 0.278. The number of anilines is 1. The van der Waals surface area contributed by atoms with Gasteiger partial charge in [0.25, 0.3) is 5.91 Å². The summed E-state index contributed by atoms with van der Waals surface area (Å²) in [5.41, 5.74) is 0.790. The lowest BCUT2D eigenvalue weighted by atomic mass is 10.2. The maximum atomic E-state index is 12.6. The molecule has 1 amide bonds. The Morgan fingerprint density at radius 2 is 1.75 bits per heavy atom. The van der Waals surface area contributed by atoms with E-state index in [4.69, 9.17) is 9.47 Å². The molecule has 2 aliphatic rings. The summed E-state index contributed by atoms with van der Waals surface area (Å²) >= 11 is 0. The van der Waals surface area contributed by atoms with Crippen LogP contribution in [0.2, 0.25) is 0 Å². The second kappa shape index (κ2) is 6.78. The zero-order chi connectivity index (χ0) is 19.9. The molecule has 0 aromatic heterocycles. The molecule has 2 aliphatic heterocycles. The van der Waals surface area contributed by atoms with Gasteiger partial charge < -0.3 is 14.8 Å². The molecular weight excluding hydrogens is 406 g/mol. The number of amides is 1. The average molecular weight is 423 g/mol. The Balaban J connectivity index is 1.49. The predicted octanol–water partition coefficient (Wildman–Crippen LogP) is 1.63. The van der Waals surface area contributed by atoms with Crippen molar-refractivity contribution in [2.24, 2.45) is 0 Å².